The Labute approximate surface area is 173 Å². The zero-order chi connectivity index (χ0) is 22.3. The van der Waals surface area contributed by atoms with Gasteiger partial charge < -0.3 is 9.52 Å². The molecule has 3 aromatic carbocycles. The molecule has 0 aliphatic heterocycles. The molecule has 0 saturated heterocycles. The highest BCUT2D eigenvalue weighted by molar-refractivity contribution is 5.99. The number of hydrogen-bond donors (Lipinski definition) is 1. The molecular weight excluding hydrogens is 414 g/mol. The van der Waals surface area contributed by atoms with Crippen LogP contribution in [-0.4, -0.2) is 18.2 Å². The fourth-order valence-corrected chi connectivity index (χ4v) is 3.26. The van der Waals surface area contributed by atoms with E-state index in [0.29, 0.717) is 33.2 Å². The predicted octanol–water partition coefficient (Wildman–Crippen LogP) is 7.04. The number of nitrogens with zero attached hydrogens (tertiary/aromatic N) is 1. The Balaban J connectivity index is 1.90. The molecule has 0 spiro atoms. The molecule has 4 aromatic rings. The van der Waals surface area contributed by atoms with E-state index in [2.05, 4.69) is 0 Å². The number of fused-ring (bicyclic) bond motifs is 1. The van der Waals surface area contributed by atoms with Crippen molar-refractivity contribution in [3.05, 3.63) is 78.1 Å². The summed E-state index contributed by atoms with van der Waals surface area (Å²) in [6.45, 7) is 0. The zero-order valence-corrected chi connectivity index (χ0v) is 16.1. The van der Waals surface area contributed by atoms with Crippen molar-refractivity contribution in [2.24, 2.45) is 0 Å². The Morgan fingerprint density at radius 1 is 0.903 bits per heavy atom. The van der Waals surface area contributed by atoms with Crippen molar-refractivity contribution in [3.8, 4) is 22.3 Å². The molecule has 31 heavy (non-hydrogen) atoms. The minimum Gasteiger partial charge on any atom is -0.465 e. The van der Waals surface area contributed by atoms with Gasteiger partial charge >= 0.3 is 12.3 Å². The van der Waals surface area contributed by atoms with Crippen molar-refractivity contribution >= 4 is 22.9 Å². The Morgan fingerprint density at radius 3 is 2.10 bits per heavy atom. The van der Waals surface area contributed by atoms with E-state index < -0.39 is 23.7 Å². The maximum atomic E-state index is 13.4. The van der Waals surface area contributed by atoms with E-state index in [1.807, 2.05) is 0 Å². The van der Waals surface area contributed by atoms with Gasteiger partial charge in [0.25, 0.3) is 0 Å². The van der Waals surface area contributed by atoms with Crippen LogP contribution in [0, 0.1) is 5.82 Å². The first kappa shape index (κ1) is 20.5. The molecule has 1 N–H and O–H groups in total. The summed E-state index contributed by atoms with van der Waals surface area (Å²) in [5.41, 5.74) is 1.92. The first-order valence-corrected chi connectivity index (χ1v) is 9.11. The van der Waals surface area contributed by atoms with Gasteiger partial charge in [0.1, 0.15) is 11.4 Å². The standard InChI is InChI=1S/C23H15F4NO3/c1-28(22(29)30)20-12-16-10-15(13-2-6-17(7-3-13)23(25,26)27)11-19(21(16)31-20)14-4-8-18(24)9-5-14/h2-12H,1H3,(H,29,30). The average molecular weight is 429 g/mol. The monoisotopic (exact) mass is 429 g/mol. The first-order chi connectivity index (χ1) is 14.6. The largest absolute Gasteiger partial charge is 0.465 e. The van der Waals surface area contributed by atoms with E-state index in [9.17, 15) is 27.5 Å². The summed E-state index contributed by atoms with van der Waals surface area (Å²) >= 11 is 0. The number of furan rings is 1. The minimum atomic E-state index is -4.44. The maximum absolute atomic E-state index is 13.4. The molecule has 0 bridgehead atoms. The smallest absolute Gasteiger partial charge is 0.416 e. The summed E-state index contributed by atoms with van der Waals surface area (Å²) < 4.78 is 57.9. The Kier molecular flexibility index (Phi) is 4.93. The second kappa shape index (κ2) is 7.46. The van der Waals surface area contributed by atoms with Crippen molar-refractivity contribution in [1.29, 1.82) is 0 Å². The SMILES string of the molecule is CN(C(=O)O)c1cc2cc(-c3ccc(C(F)(F)F)cc3)cc(-c3ccc(F)cc3)c2o1. The third kappa shape index (κ3) is 3.96. The highest BCUT2D eigenvalue weighted by atomic mass is 19.4. The van der Waals surface area contributed by atoms with E-state index in [0.717, 1.165) is 17.0 Å². The van der Waals surface area contributed by atoms with Gasteiger partial charge in [0.15, 0.2) is 0 Å². The topological polar surface area (TPSA) is 53.7 Å². The Bertz CT molecular complexity index is 1260. The van der Waals surface area contributed by atoms with Crippen LogP contribution in [0.15, 0.2) is 71.1 Å². The van der Waals surface area contributed by atoms with Crippen molar-refractivity contribution in [1.82, 2.24) is 0 Å². The maximum Gasteiger partial charge on any atom is 0.416 e. The number of carboxylic acid groups (broad SMARTS) is 1. The van der Waals surface area contributed by atoms with Crippen molar-refractivity contribution in [2.75, 3.05) is 11.9 Å². The summed E-state index contributed by atoms with van der Waals surface area (Å²) in [4.78, 5) is 12.2. The second-order valence-electron chi connectivity index (χ2n) is 6.95. The van der Waals surface area contributed by atoms with E-state index in [4.69, 9.17) is 4.42 Å². The summed E-state index contributed by atoms with van der Waals surface area (Å²) in [5, 5.41) is 9.79. The molecule has 1 amide bonds. The third-order valence-electron chi connectivity index (χ3n) is 4.92. The summed E-state index contributed by atoms with van der Waals surface area (Å²) in [6.07, 6.45) is -5.66. The van der Waals surface area contributed by atoms with Crippen LogP contribution in [0.1, 0.15) is 5.56 Å². The van der Waals surface area contributed by atoms with Crippen LogP contribution >= 0.6 is 0 Å². The number of rotatable bonds is 3. The molecule has 158 valence electrons. The van der Waals surface area contributed by atoms with Gasteiger partial charge in [-0.1, -0.05) is 24.3 Å². The van der Waals surface area contributed by atoms with Crippen LogP contribution < -0.4 is 4.90 Å². The molecule has 4 nitrogen and oxygen atoms in total. The van der Waals surface area contributed by atoms with Crippen molar-refractivity contribution in [2.45, 2.75) is 6.18 Å². The molecule has 0 unspecified atom stereocenters. The van der Waals surface area contributed by atoms with E-state index >= 15 is 0 Å². The summed E-state index contributed by atoms with van der Waals surface area (Å²) in [6, 6.07) is 15.3. The zero-order valence-electron chi connectivity index (χ0n) is 16.1. The molecule has 0 fully saturated rings. The van der Waals surface area contributed by atoms with Gasteiger partial charge in [-0.2, -0.15) is 13.2 Å². The van der Waals surface area contributed by atoms with Crippen molar-refractivity contribution < 1.29 is 31.9 Å². The number of halogens is 4. The number of carbonyl (C=O) groups is 1. The molecule has 8 heteroatoms. The highest BCUT2D eigenvalue weighted by Crippen LogP contribution is 2.39. The van der Waals surface area contributed by atoms with E-state index in [1.165, 1.54) is 37.4 Å². The van der Waals surface area contributed by atoms with Crippen molar-refractivity contribution in [3.63, 3.8) is 0 Å². The molecule has 0 saturated carbocycles. The second-order valence-corrected chi connectivity index (χ2v) is 6.95. The van der Waals surface area contributed by atoms with Crippen LogP contribution in [0.5, 0.6) is 0 Å². The lowest BCUT2D eigenvalue weighted by Gasteiger charge is -2.10. The highest BCUT2D eigenvalue weighted by Gasteiger charge is 2.30. The molecular formula is C23H15F4NO3. The van der Waals surface area contributed by atoms with Gasteiger partial charge in [0, 0.05) is 24.1 Å². The average Bonchev–Trinajstić information content (AvgIpc) is 3.16. The van der Waals surface area contributed by atoms with Gasteiger partial charge in [0.05, 0.1) is 5.56 Å². The number of alkyl halides is 3. The molecule has 0 atom stereocenters. The Hall–Kier alpha value is -3.81. The predicted molar refractivity (Wildman–Crippen MR) is 108 cm³/mol. The fourth-order valence-electron chi connectivity index (χ4n) is 3.26. The van der Waals surface area contributed by atoms with E-state index in [-0.39, 0.29) is 5.88 Å². The molecule has 0 aliphatic rings. The van der Waals surface area contributed by atoms with Gasteiger partial charge in [-0.25, -0.2) is 9.18 Å². The molecule has 0 radical (unpaired) electrons. The minimum absolute atomic E-state index is 0.0791. The lowest BCUT2D eigenvalue weighted by Crippen LogP contribution is -2.22. The summed E-state index contributed by atoms with van der Waals surface area (Å²) in [5.74, 6) is -0.347. The Morgan fingerprint density at radius 2 is 1.52 bits per heavy atom. The number of anilines is 1. The van der Waals surface area contributed by atoms with E-state index in [1.54, 1.807) is 24.3 Å². The van der Waals surface area contributed by atoms with Gasteiger partial charge in [-0.3, -0.25) is 4.90 Å². The molecule has 0 aliphatic carbocycles. The van der Waals surface area contributed by atoms with Crippen LogP contribution in [-0.2, 0) is 6.18 Å². The van der Waals surface area contributed by atoms with Crippen LogP contribution in [0.4, 0.5) is 28.2 Å². The van der Waals surface area contributed by atoms with Gasteiger partial charge in [0.2, 0.25) is 5.88 Å². The van der Waals surface area contributed by atoms with Gasteiger partial charge in [-0.15, -0.1) is 0 Å². The van der Waals surface area contributed by atoms with Crippen LogP contribution in [0.2, 0.25) is 0 Å². The first-order valence-electron chi connectivity index (χ1n) is 9.11. The number of amides is 1. The van der Waals surface area contributed by atoms with Crippen LogP contribution in [0.3, 0.4) is 0 Å². The quantitative estimate of drug-likeness (QED) is 0.356. The fraction of sp³-hybridized carbons (Fsp3) is 0.0870. The van der Waals surface area contributed by atoms with Crippen LogP contribution in [0.25, 0.3) is 33.2 Å². The molecule has 1 heterocycles. The third-order valence-corrected chi connectivity index (χ3v) is 4.92. The lowest BCUT2D eigenvalue weighted by atomic mass is 9.96. The normalized spacial score (nSPS) is 11.6. The molecule has 4 rings (SSSR count). The molecule has 1 aromatic heterocycles. The number of benzene rings is 3. The number of hydrogen-bond acceptors (Lipinski definition) is 2. The summed E-state index contributed by atoms with van der Waals surface area (Å²) in [7, 11) is 1.33. The lowest BCUT2D eigenvalue weighted by molar-refractivity contribution is -0.137. The van der Waals surface area contributed by atoms with Gasteiger partial charge in [-0.05, 0) is 53.1 Å².